The van der Waals surface area contributed by atoms with Gasteiger partial charge in [0.15, 0.2) is 0 Å². The van der Waals surface area contributed by atoms with E-state index < -0.39 is 0 Å². The average molecular weight is 310 g/mol. The Balaban J connectivity index is 1.88. The van der Waals surface area contributed by atoms with E-state index in [0.717, 1.165) is 18.4 Å². The van der Waals surface area contributed by atoms with Crippen molar-refractivity contribution in [3.8, 4) is 0 Å². The highest BCUT2D eigenvalue weighted by atomic mass is 35.5. The largest absolute Gasteiger partial charge is 0.465 e. The van der Waals surface area contributed by atoms with Crippen LogP contribution in [0.25, 0.3) is 0 Å². The quantitative estimate of drug-likeness (QED) is 0.728. The molecule has 1 saturated carbocycles. The Morgan fingerprint density at radius 2 is 2.14 bits per heavy atom. The Hall–Kier alpha value is -1.55. The van der Waals surface area contributed by atoms with Gasteiger partial charge in [-0.25, -0.2) is 0 Å². The minimum atomic E-state index is -0.333. The Morgan fingerprint density at radius 1 is 1.38 bits per heavy atom. The third-order valence-electron chi connectivity index (χ3n) is 3.43. The number of benzene rings is 1. The van der Waals surface area contributed by atoms with Gasteiger partial charge in [0.1, 0.15) is 6.54 Å². The van der Waals surface area contributed by atoms with Crippen LogP contribution in [0.2, 0.25) is 5.02 Å². The molecule has 21 heavy (non-hydrogen) atoms. The molecule has 114 valence electrons. The second kappa shape index (κ2) is 7.46. The van der Waals surface area contributed by atoms with Crippen LogP contribution in [-0.2, 0) is 20.7 Å². The van der Waals surface area contributed by atoms with Crippen molar-refractivity contribution in [2.75, 3.05) is 13.2 Å². The molecule has 0 atom stereocenters. The molecule has 0 radical (unpaired) electrons. The van der Waals surface area contributed by atoms with Gasteiger partial charge in [-0.3, -0.25) is 9.59 Å². The Labute approximate surface area is 130 Å². The summed E-state index contributed by atoms with van der Waals surface area (Å²) in [4.78, 5) is 25.5. The molecule has 0 saturated heterocycles. The first-order valence-electron chi connectivity index (χ1n) is 7.29. The van der Waals surface area contributed by atoms with Crippen molar-refractivity contribution in [2.45, 2.75) is 38.6 Å². The molecule has 0 aliphatic heterocycles. The standard InChI is InChI=1S/C16H20ClNO3/c1-2-21-16(20)11-18(14-7-8-14)15(19)9-6-12-4-3-5-13(17)10-12/h3-5,10,14H,2,6-9,11H2,1H3. The molecule has 1 fully saturated rings. The predicted octanol–water partition coefficient (Wildman–Crippen LogP) is 2.83. The SMILES string of the molecule is CCOC(=O)CN(C(=O)CCc1cccc(Cl)c1)C1CC1. The van der Waals surface area contributed by atoms with E-state index in [2.05, 4.69) is 0 Å². The van der Waals surface area contributed by atoms with Crippen molar-refractivity contribution in [1.82, 2.24) is 4.90 Å². The van der Waals surface area contributed by atoms with Gasteiger partial charge in [-0.2, -0.15) is 0 Å². The fraction of sp³-hybridized carbons (Fsp3) is 0.500. The molecule has 0 unspecified atom stereocenters. The van der Waals surface area contributed by atoms with Crippen LogP contribution in [0.1, 0.15) is 31.7 Å². The number of carbonyl (C=O) groups is 2. The zero-order valence-electron chi connectivity index (χ0n) is 12.2. The van der Waals surface area contributed by atoms with Gasteiger partial charge in [-0.05, 0) is 43.9 Å². The summed E-state index contributed by atoms with van der Waals surface area (Å²) in [6.45, 7) is 2.17. The average Bonchev–Trinajstić information content (AvgIpc) is 3.27. The number of amides is 1. The maximum Gasteiger partial charge on any atom is 0.325 e. The van der Waals surface area contributed by atoms with Crippen molar-refractivity contribution in [1.29, 1.82) is 0 Å². The van der Waals surface area contributed by atoms with Crippen LogP contribution in [0.3, 0.4) is 0 Å². The van der Waals surface area contributed by atoms with Crippen LogP contribution in [0, 0.1) is 0 Å². The van der Waals surface area contributed by atoms with E-state index in [9.17, 15) is 9.59 Å². The number of aryl methyl sites for hydroxylation is 1. The van der Waals surface area contributed by atoms with Crippen LogP contribution in [-0.4, -0.2) is 36.0 Å². The highest BCUT2D eigenvalue weighted by Crippen LogP contribution is 2.27. The van der Waals surface area contributed by atoms with E-state index in [1.807, 2.05) is 24.3 Å². The molecule has 1 amide bonds. The monoisotopic (exact) mass is 309 g/mol. The number of halogens is 1. The lowest BCUT2D eigenvalue weighted by atomic mass is 10.1. The van der Waals surface area contributed by atoms with Gasteiger partial charge in [0.25, 0.3) is 0 Å². The first-order valence-corrected chi connectivity index (χ1v) is 7.67. The van der Waals surface area contributed by atoms with Crippen molar-refractivity contribution >= 4 is 23.5 Å². The molecular weight excluding hydrogens is 290 g/mol. The Morgan fingerprint density at radius 3 is 2.76 bits per heavy atom. The predicted molar refractivity (Wildman–Crippen MR) is 81.1 cm³/mol. The lowest BCUT2D eigenvalue weighted by Crippen LogP contribution is -2.38. The van der Waals surface area contributed by atoms with Gasteiger partial charge in [0.2, 0.25) is 5.91 Å². The van der Waals surface area contributed by atoms with Gasteiger partial charge in [-0.15, -0.1) is 0 Å². The van der Waals surface area contributed by atoms with Crippen molar-refractivity contribution in [3.05, 3.63) is 34.9 Å². The fourth-order valence-electron chi connectivity index (χ4n) is 2.24. The molecule has 1 aliphatic rings. The highest BCUT2D eigenvalue weighted by molar-refractivity contribution is 6.30. The van der Waals surface area contributed by atoms with E-state index >= 15 is 0 Å². The minimum Gasteiger partial charge on any atom is -0.465 e. The number of nitrogens with zero attached hydrogens (tertiary/aromatic N) is 1. The maximum atomic E-state index is 12.3. The van der Waals surface area contributed by atoms with Crippen molar-refractivity contribution < 1.29 is 14.3 Å². The smallest absolute Gasteiger partial charge is 0.325 e. The van der Waals surface area contributed by atoms with Crippen molar-refractivity contribution in [2.24, 2.45) is 0 Å². The first kappa shape index (κ1) is 15.8. The van der Waals surface area contributed by atoms with E-state index in [1.54, 1.807) is 11.8 Å². The zero-order valence-corrected chi connectivity index (χ0v) is 12.9. The second-order valence-electron chi connectivity index (χ2n) is 5.19. The van der Waals surface area contributed by atoms with Crippen LogP contribution >= 0.6 is 11.6 Å². The molecule has 1 aromatic carbocycles. The van der Waals surface area contributed by atoms with E-state index in [-0.39, 0.29) is 24.5 Å². The number of hydrogen-bond acceptors (Lipinski definition) is 3. The van der Waals surface area contributed by atoms with E-state index in [0.29, 0.717) is 24.5 Å². The normalized spacial score (nSPS) is 13.8. The van der Waals surface area contributed by atoms with Gasteiger partial charge in [-0.1, -0.05) is 23.7 Å². The van der Waals surface area contributed by atoms with Crippen LogP contribution < -0.4 is 0 Å². The first-order chi connectivity index (χ1) is 10.1. The summed E-state index contributed by atoms with van der Waals surface area (Å²) in [5, 5.41) is 0.672. The molecule has 0 N–H and O–H groups in total. The molecule has 1 aliphatic carbocycles. The van der Waals surface area contributed by atoms with Crippen LogP contribution in [0.15, 0.2) is 24.3 Å². The van der Waals surface area contributed by atoms with Gasteiger partial charge < -0.3 is 9.64 Å². The van der Waals surface area contributed by atoms with Crippen molar-refractivity contribution in [3.63, 3.8) is 0 Å². The van der Waals surface area contributed by atoms with E-state index in [4.69, 9.17) is 16.3 Å². The number of rotatable bonds is 7. The summed E-state index contributed by atoms with van der Waals surface area (Å²) in [7, 11) is 0. The van der Waals surface area contributed by atoms with Crippen LogP contribution in [0.5, 0.6) is 0 Å². The second-order valence-corrected chi connectivity index (χ2v) is 5.62. The molecule has 0 aromatic heterocycles. The summed E-state index contributed by atoms with van der Waals surface area (Å²) in [5.41, 5.74) is 1.03. The lowest BCUT2D eigenvalue weighted by molar-refractivity contribution is -0.149. The Kier molecular flexibility index (Phi) is 5.62. The number of carbonyl (C=O) groups excluding carboxylic acids is 2. The van der Waals surface area contributed by atoms with E-state index in [1.165, 1.54) is 0 Å². The molecule has 1 aromatic rings. The highest BCUT2D eigenvalue weighted by Gasteiger charge is 2.33. The van der Waals surface area contributed by atoms with Gasteiger partial charge >= 0.3 is 5.97 Å². The molecule has 2 rings (SSSR count). The summed E-state index contributed by atoms with van der Waals surface area (Å²) in [6.07, 6.45) is 2.96. The van der Waals surface area contributed by atoms with Gasteiger partial charge in [0.05, 0.1) is 6.61 Å². The zero-order chi connectivity index (χ0) is 15.2. The molecule has 0 bridgehead atoms. The third-order valence-corrected chi connectivity index (χ3v) is 3.66. The third kappa shape index (κ3) is 5.05. The summed E-state index contributed by atoms with van der Waals surface area (Å²) < 4.78 is 4.93. The number of esters is 1. The minimum absolute atomic E-state index is 0.00512. The number of hydrogen-bond donors (Lipinski definition) is 0. The lowest BCUT2D eigenvalue weighted by Gasteiger charge is -2.21. The molecule has 5 heteroatoms. The summed E-state index contributed by atoms with van der Waals surface area (Å²) in [6, 6.07) is 7.71. The summed E-state index contributed by atoms with van der Waals surface area (Å²) in [5.74, 6) is -0.328. The maximum absolute atomic E-state index is 12.3. The van der Waals surface area contributed by atoms with Crippen LogP contribution in [0.4, 0.5) is 0 Å². The molecule has 4 nitrogen and oxygen atoms in total. The molecule has 0 spiro atoms. The number of ether oxygens (including phenoxy) is 1. The summed E-state index contributed by atoms with van der Waals surface area (Å²) >= 11 is 5.93. The molecular formula is C16H20ClNO3. The Bertz CT molecular complexity index is 514. The fourth-order valence-corrected chi connectivity index (χ4v) is 2.45. The van der Waals surface area contributed by atoms with Gasteiger partial charge in [0, 0.05) is 17.5 Å². The molecule has 0 heterocycles. The topological polar surface area (TPSA) is 46.6 Å².